The molecule has 2 atom stereocenters. The number of aromatic nitrogens is 3. The molecule has 2 aliphatic rings. The van der Waals surface area contributed by atoms with Crippen molar-refractivity contribution in [1.82, 2.24) is 25.0 Å². The van der Waals surface area contributed by atoms with Crippen LogP contribution in [0, 0.1) is 10.8 Å². The summed E-state index contributed by atoms with van der Waals surface area (Å²) in [6, 6.07) is 14.2. The molecule has 0 bridgehead atoms. The molecule has 1 aromatic heterocycles. The molecule has 4 aromatic rings. The number of alkyl halides is 8. The average Bonchev–Trinajstić information content (AvgIpc) is 3.71. The third-order valence-corrected chi connectivity index (χ3v) is 10.3. The lowest BCUT2D eigenvalue weighted by Crippen LogP contribution is -2.49. The Balaban J connectivity index is 1.49. The first kappa shape index (κ1) is 44.0. The zero-order valence-electron chi connectivity index (χ0n) is 32.1. The Morgan fingerprint density at radius 3 is 2.18 bits per heavy atom. The van der Waals surface area contributed by atoms with Crippen LogP contribution < -0.4 is 5.32 Å². The van der Waals surface area contributed by atoms with E-state index in [0.717, 1.165) is 35.5 Å². The summed E-state index contributed by atoms with van der Waals surface area (Å²) in [6.45, 7) is 4.03. The van der Waals surface area contributed by atoms with Crippen molar-refractivity contribution in [2.75, 3.05) is 6.61 Å². The van der Waals surface area contributed by atoms with Gasteiger partial charge in [0.2, 0.25) is 5.96 Å². The summed E-state index contributed by atoms with van der Waals surface area (Å²) >= 11 is 6.45. The Morgan fingerprint density at radius 1 is 0.933 bits per heavy atom. The molecule has 0 spiro atoms. The highest BCUT2D eigenvalue weighted by Crippen LogP contribution is 2.60. The quantitative estimate of drug-likeness (QED) is 0.111. The van der Waals surface area contributed by atoms with E-state index in [9.17, 15) is 44.7 Å². The minimum atomic E-state index is -4.75. The van der Waals surface area contributed by atoms with Gasteiger partial charge in [-0.3, -0.25) is 19.8 Å². The van der Waals surface area contributed by atoms with Crippen LogP contribution in [-0.2, 0) is 37.4 Å². The summed E-state index contributed by atoms with van der Waals surface area (Å²) in [7, 11) is 0. The van der Waals surface area contributed by atoms with Gasteiger partial charge in [0, 0.05) is 0 Å². The zero-order valence-corrected chi connectivity index (χ0v) is 32.8. The van der Waals surface area contributed by atoms with Gasteiger partial charge < -0.3 is 9.47 Å². The lowest BCUT2D eigenvalue weighted by Gasteiger charge is -2.35. The lowest BCUT2D eigenvalue weighted by molar-refractivity contribution is -0.195. The number of halogens is 9. The molecule has 11 nitrogen and oxygen atoms in total. The Labute approximate surface area is 342 Å². The molecule has 1 aliphatic heterocycles. The van der Waals surface area contributed by atoms with Gasteiger partial charge in [0.05, 0.1) is 34.2 Å². The second-order valence-electron chi connectivity index (χ2n) is 15.7. The van der Waals surface area contributed by atoms with Crippen molar-refractivity contribution in [2.45, 2.75) is 83.4 Å². The monoisotopic (exact) mass is 868 g/mol. The molecule has 6 rings (SSSR count). The maximum atomic E-state index is 15.3. The van der Waals surface area contributed by atoms with Gasteiger partial charge in [-0.25, -0.2) is 28.2 Å². The van der Waals surface area contributed by atoms with Gasteiger partial charge in [0.15, 0.2) is 11.4 Å². The minimum absolute atomic E-state index is 0.0330. The van der Waals surface area contributed by atoms with Crippen LogP contribution in [0.25, 0.3) is 5.69 Å². The minimum Gasteiger partial charge on any atom is -0.463 e. The van der Waals surface area contributed by atoms with Crippen LogP contribution >= 0.6 is 11.6 Å². The first-order valence-electron chi connectivity index (χ1n) is 18.3. The predicted molar refractivity (Wildman–Crippen MR) is 199 cm³/mol. The van der Waals surface area contributed by atoms with Crippen LogP contribution in [-0.4, -0.2) is 56.4 Å². The smallest absolute Gasteiger partial charge is 0.416 e. The average molecular weight is 869 g/mol. The Morgan fingerprint density at radius 2 is 1.60 bits per heavy atom. The number of guanidine groups is 1. The Hall–Kier alpha value is -5.59. The van der Waals surface area contributed by atoms with E-state index in [1.165, 1.54) is 18.2 Å². The number of ether oxygens (including phenoxy) is 2. The van der Waals surface area contributed by atoms with Crippen molar-refractivity contribution in [3.63, 3.8) is 0 Å². The predicted octanol–water partition coefficient (Wildman–Crippen LogP) is 9.65. The third-order valence-electron chi connectivity index (χ3n) is 10.0. The summed E-state index contributed by atoms with van der Waals surface area (Å²) in [4.78, 5) is 51.0. The normalized spacial score (nSPS) is 18.3. The van der Waals surface area contributed by atoms with Gasteiger partial charge in [-0.05, 0) is 65.6 Å². The molecule has 1 N–H and O–H groups in total. The second-order valence-corrected chi connectivity index (χ2v) is 16.1. The molecule has 320 valence electrons. The number of carbonyl (C=O) groups excluding carboxylic acids is 3. The third kappa shape index (κ3) is 9.40. The summed E-state index contributed by atoms with van der Waals surface area (Å²) in [5.74, 6) is -3.61. The van der Waals surface area contributed by atoms with Gasteiger partial charge in [0.25, 0.3) is 12.3 Å². The van der Waals surface area contributed by atoms with Crippen molar-refractivity contribution in [1.29, 1.82) is 0 Å². The molecular weight excluding hydrogens is 832 g/mol. The lowest BCUT2D eigenvalue weighted by atomic mass is 9.75. The fourth-order valence-electron chi connectivity index (χ4n) is 6.93. The van der Waals surface area contributed by atoms with E-state index in [2.05, 4.69) is 20.4 Å². The topological polar surface area (TPSA) is 128 Å². The fourth-order valence-corrected chi connectivity index (χ4v) is 7.13. The highest BCUT2D eigenvalue weighted by molar-refractivity contribution is 6.32. The Kier molecular flexibility index (Phi) is 12.1. The Bertz CT molecular complexity index is 2260. The molecule has 1 fully saturated rings. The van der Waals surface area contributed by atoms with E-state index in [-0.39, 0.29) is 47.7 Å². The van der Waals surface area contributed by atoms with Crippen LogP contribution in [0.5, 0.6) is 0 Å². The van der Waals surface area contributed by atoms with Crippen LogP contribution in [0.4, 0.5) is 39.9 Å². The maximum absolute atomic E-state index is 15.3. The van der Waals surface area contributed by atoms with E-state index < -0.39 is 89.5 Å². The van der Waals surface area contributed by atoms with E-state index in [1.54, 1.807) is 51.1 Å². The molecule has 3 aromatic carbocycles. The van der Waals surface area contributed by atoms with Gasteiger partial charge in [-0.15, -0.1) is 0 Å². The molecular formula is C40H37ClF8N6O5. The summed E-state index contributed by atoms with van der Waals surface area (Å²) < 4.78 is 122. The molecule has 2 heterocycles. The van der Waals surface area contributed by atoms with E-state index in [1.807, 2.05) is 0 Å². The van der Waals surface area contributed by atoms with Crippen molar-refractivity contribution in [3.05, 3.63) is 112 Å². The standard InChI is InChI=1S/C40H37ClF8N6O5/c1-36(2,3)21-38(25-10-12-26(13-11-25)39(44,45)46)33(57)54(34(53-38)52-35(58)60-19-23-7-5-4-6-8-23)29(20-59-30(56)18-37(15-16-37)40(47,48)49)24-9-14-27(41)28(17-24)55-32(31(42)43)50-22-51-55/h4-14,17,22,29,31H,15-16,18-21H2,1-3H3,(H,52,53,58)/t29-,38-/m1/s1. The molecule has 0 unspecified atom stereocenters. The second kappa shape index (κ2) is 16.5. The number of nitrogens with one attached hydrogen (secondary N) is 1. The number of nitrogens with zero attached hydrogens (tertiary/aromatic N) is 5. The molecule has 20 heteroatoms. The first-order chi connectivity index (χ1) is 28.0. The summed E-state index contributed by atoms with van der Waals surface area (Å²) in [5, 5.41) is 6.14. The van der Waals surface area contributed by atoms with E-state index in [4.69, 9.17) is 21.1 Å². The molecule has 1 aliphatic carbocycles. The van der Waals surface area contributed by atoms with Gasteiger partial charge in [0.1, 0.15) is 19.5 Å². The van der Waals surface area contributed by atoms with Crippen LogP contribution in [0.15, 0.2) is 84.1 Å². The number of esters is 1. The fraction of sp³-hybridized carbons (Fsp3) is 0.400. The number of aliphatic imine (C=N–C) groups is 1. The number of rotatable bonds is 12. The van der Waals surface area contributed by atoms with Crippen LogP contribution in [0.3, 0.4) is 0 Å². The number of alkyl carbamates (subject to hydrolysis) is 1. The van der Waals surface area contributed by atoms with Gasteiger partial charge in [-0.2, -0.15) is 31.4 Å². The highest BCUT2D eigenvalue weighted by Gasteiger charge is 2.64. The number of benzene rings is 3. The SMILES string of the molecule is CC(C)(C)C[C@]1(c2ccc(C(F)(F)F)cc2)N=C(NC(=O)OCc2ccccc2)N([C@H](COC(=O)CC2(C(F)(F)F)CC2)c2ccc(Cl)c(-n3ncnc3C(F)F)c2)C1=O. The van der Waals surface area contributed by atoms with Crippen molar-refractivity contribution >= 4 is 35.5 Å². The van der Waals surface area contributed by atoms with Crippen LogP contribution in [0.2, 0.25) is 5.02 Å². The van der Waals surface area contributed by atoms with Gasteiger partial charge >= 0.3 is 24.4 Å². The van der Waals surface area contributed by atoms with Gasteiger partial charge in [-0.1, -0.05) is 80.9 Å². The number of carbonyl (C=O) groups is 3. The highest BCUT2D eigenvalue weighted by atomic mass is 35.5. The van der Waals surface area contributed by atoms with Crippen LogP contribution in [0.1, 0.15) is 87.0 Å². The number of hydrogen-bond acceptors (Lipinski definition) is 8. The van der Waals surface area contributed by atoms with E-state index in [0.29, 0.717) is 10.2 Å². The first-order valence-corrected chi connectivity index (χ1v) is 18.7. The zero-order chi connectivity index (χ0) is 43.8. The molecule has 2 amide bonds. The summed E-state index contributed by atoms with van der Waals surface area (Å²) in [6.07, 6.45) is -14.8. The number of amides is 2. The van der Waals surface area contributed by atoms with Crippen molar-refractivity contribution in [3.8, 4) is 5.69 Å². The molecule has 0 radical (unpaired) electrons. The molecule has 1 saturated carbocycles. The van der Waals surface area contributed by atoms with Crippen molar-refractivity contribution in [2.24, 2.45) is 15.8 Å². The maximum Gasteiger partial charge on any atom is 0.416 e. The molecule has 0 saturated heterocycles. The summed E-state index contributed by atoms with van der Waals surface area (Å²) in [5.41, 5.74) is -5.92. The number of hydrogen-bond donors (Lipinski definition) is 1. The van der Waals surface area contributed by atoms with Crippen molar-refractivity contribution < 1.29 is 59.0 Å². The largest absolute Gasteiger partial charge is 0.463 e. The molecule has 60 heavy (non-hydrogen) atoms. The van der Waals surface area contributed by atoms with E-state index >= 15 is 4.79 Å².